The largest absolute Gasteiger partial charge is 0.372 e. The first-order valence-electron chi connectivity index (χ1n) is 7.99. The van der Waals surface area contributed by atoms with Crippen LogP contribution in [-0.2, 0) is 19.1 Å². The van der Waals surface area contributed by atoms with E-state index >= 15 is 0 Å². The normalized spacial score (nSPS) is 24.0. The fraction of sp³-hybridized carbons (Fsp3) is 0.389. The fourth-order valence-electron chi connectivity index (χ4n) is 3.13. The highest BCUT2D eigenvalue weighted by molar-refractivity contribution is 6.22. The van der Waals surface area contributed by atoms with Crippen molar-refractivity contribution in [2.75, 3.05) is 17.3 Å². The topological polar surface area (TPSA) is 75.7 Å². The number of hydrogen-bond acceptors (Lipinski definition) is 4. The van der Waals surface area contributed by atoms with E-state index in [4.69, 9.17) is 4.74 Å². The van der Waals surface area contributed by atoms with Crippen LogP contribution in [-0.4, -0.2) is 30.9 Å². The Bertz CT molecular complexity index is 687. The molecule has 0 aromatic heterocycles. The van der Waals surface area contributed by atoms with Crippen LogP contribution in [0.3, 0.4) is 0 Å². The zero-order valence-electron chi connectivity index (χ0n) is 13.7. The summed E-state index contributed by atoms with van der Waals surface area (Å²) >= 11 is 0. The molecular formula is C18H20N2O4. The molecule has 6 nitrogen and oxygen atoms in total. The molecule has 3 rings (SSSR count). The van der Waals surface area contributed by atoms with Crippen molar-refractivity contribution in [1.82, 2.24) is 0 Å². The van der Waals surface area contributed by atoms with E-state index in [1.54, 1.807) is 31.2 Å². The van der Waals surface area contributed by atoms with E-state index < -0.39 is 6.10 Å². The molecule has 1 aliphatic heterocycles. The molecule has 1 saturated heterocycles. The van der Waals surface area contributed by atoms with Crippen molar-refractivity contribution in [3.8, 4) is 0 Å². The molecule has 1 N–H and O–H groups in total. The molecule has 126 valence electrons. The first-order valence-corrected chi connectivity index (χ1v) is 7.99. The van der Waals surface area contributed by atoms with Crippen LogP contribution in [0.15, 0.2) is 36.4 Å². The molecule has 24 heavy (non-hydrogen) atoms. The van der Waals surface area contributed by atoms with Crippen molar-refractivity contribution in [2.24, 2.45) is 11.8 Å². The number of amides is 3. The number of fused-ring (bicyclic) bond motifs is 1. The van der Waals surface area contributed by atoms with E-state index in [2.05, 4.69) is 5.32 Å². The molecule has 1 aliphatic carbocycles. The van der Waals surface area contributed by atoms with Crippen molar-refractivity contribution in [1.29, 1.82) is 0 Å². The number of anilines is 2. The molecule has 0 saturated carbocycles. The number of imide groups is 1. The van der Waals surface area contributed by atoms with Gasteiger partial charge in [-0.15, -0.1) is 0 Å². The summed E-state index contributed by atoms with van der Waals surface area (Å²) in [7, 11) is 1.46. The molecule has 0 bridgehead atoms. The number of hydrogen-bond donors (Lipinski definition) is 1. The summed E-state index contributed by atoms with van der Waals surface area (Å²) in [4.78, 5) is 38.4. The zero-order chi connectivity index (χ0) is 17.3. The Kier molecular flexibility index (Phi) is 4.49. The molecule has 2 aliphatic rings. The van der Waals surface area contributed by atoms with Gasteiger partial charge in [-0.3, -0.25) is 14.4 Å². The number of benzene rings is 1. The molecule has 3 atom stereocenters. The van der Waals surface area contributed by atoms with Gasteiger partial charge in [-0.2, -0.15) is 0 Å². The molecule has 0 spiro atoms. The van der Waals surface area contributed by atoms with Gasteiger partial charge in [0.1, 0.15) is 6.10 Å². The minimum absolute atomic E-state index is 0.164. The summed E-state index contributed by atoms with van der Waals surface area (Å²) in [6, 6.07) is 6.77. The standard InChI is InChI=1S/C18H20N2O4/c1-11(24-2)16(21)19-12-6-5-7-13(10-12)20-17(22)14-8-3-4-9-15(14)18(20)23/h3-7,10-11,14-15H,8-9H2,1-2H3,(H,19,21)/t11-,14-,15+/m0/s1. The maximum Gasteiger partial charge on any atom is 0.253 e. The van der Waals surface area contributed by atoms with Gasteiger partial charge >= 0.3 is 0 Å². The van der Waals surface area contributed by atoms with Crippen LogP contribution in [0.2, 0.25) is 0 Å². The summed E-state index contributed by atoms with van der Waals surface area (Å²) in [5, 5.41) is 2.72. The zero-order valence-corrected chi connectivity index (χ0v) is 13.7. The van der Waals surface area contributed by atoms with Crippen LogP contribution in [0.25, 0.3) is 0 Å². The Morgan fingerprint density at radius 2 is 1.83 bits per heavy atom. The number of methoxy groups -OCH3 is 1. The van der Waals surface area contributed by atoms with Crippen molar-refractivity contribution < 1.29 is 19.1 Å². The van der Waals surface area contributed by atoms with E-state index in [-0.39, 0.29) is 29.6 Å². The van der Waals surface area contributed by atoms with Gasteiger partial charge in [-0.25, -0.2) is 4.90 Å². The van der Waals surface area contributed by atoms with Crippen molar-refractivity contribution in [3.05, 3.63) is 36.4 Å². The third kappa shape index (κ3) is 2.85. The highest BCUT2D eigenvalue weighted by atomic mass is 16.5. The molecule has 0 unspecified atom stereocenters. The van der Waals surface area contributed by atoms with E-state index in [9.17, 15) is 14.4 Å². The minimum atomic E-state index is -0.586. The van der Waals surface area contributed by atoms with Crippen LogP contribution in [0.5, 0.6) is 0 Å². The van der Waals surface area contributed by atoms with E-state index in [1.807, 2.05) is 12.2 Å². The number of carbonyl (C=O) groups is 3. The SMILES string of the molecule is CO[C@@H](C)C(=O)Nc1cccc(N2C(=O)[C@H]3CC=CC[C@H]3C2=O)c1. The monoisotopic (exact) mass is 328 g/mol. The lowest BCUT2D eigenvalue weighted by atomic mass is 9.85. The van der Waals surface area contributed by atoms with Crippen molar-refractivity contribution >= 4 is 29.1 Å². The smallest absolute Gasteiger partial charge is 0.253 e. The Balaban J connectivity index is 1.83. The summed E-state index contributed by atoms with van der Waals surface area (Å²) in [6.07, 6.45) is 4.54. The van der Waals surface area contributed by atoms with Gasteiger partial charge in [0, 0.05) is 12.8 Å². The Hall–Kier alpha value is -2.47. The second-order valence-corrected chi connectivity index (χ2v) is 6.09. The average Bonchev–Trinajstić information content (AvgIpc) is 2.86. The molecule has 3 amide bonds. The van der Waals surface area contributed by atoms with Gasteiger partial charge in [-0.05, 0) is 38.0 Å². The number of nitrogens with zero attached hydrogens (tertiary/aromatic N) is 1. The second-order valence-electron chi connectivity index (χ2n) is 6.09. The number of nitrogens with one attached hydrogen (secondary N) is 1. The van der Waals surface area contributed by atoms with Crippen molar-refractivity contribution in [3.63, 3.8) is 0 Å². The Morgan fingerprint density at radius 1 is 1.21 bits per heavy atom. The van der Waals surface area contributed by atoms with Crippen LogP contribution in [0.4, 0.5) is 11.4 Å². The lowest BCUT2D eigenvalue weighted by Gasteiger charge is -2.17. The predicted molar refractivity (Wildman–Crippen MR) is 89.4 cm³/mol. The molecule has 6 heteroatoms. The quantitative estimate of drug-likeness (QED) is 0.678. The maximum absolute atomic E-state index is 12.6. The average molecular weight is 328 g/mol. The third-order valence-electron chi connectivity index (χ3n) is 4.60. The number of rotatable bonds is 4. The fourth-order valence-corrected chi connectivity index (χ4v) is 3.13. The molecule has 1 heterocycles. The molecule has 1 aromatic rings. The van der Waals surface area contributed by atoms with Gasteiger partial charge in [-0.1, -0.05) is 18.2 Å². The highest BCUT2D eigenvalue weighted by Gasteiger charge is 2.47. The maximum atomic E-state index is 12.6. The minimum Gasteiger partial charge on any atom is -0.372 e. The third-order valence-corrected chi connectivity index (χ3v) is 4.60. The lowest BCUT2D eigenvalue weighted by Crippen LogP contribution is -2.31. The van der Waals surface area contributed by atoms with Gasteiger partial charge in [0.15, 0.2) is 0 Å². The summed E-state index contributed by atoms with van der Waals surface area (Å²) in [6.45, 7) is 1.64. The molecule has 1 fully saturated rings. The van der Waals surface area contributed by atoms with Gasteiger partial charge < -0.3 is 10.1 Å². The van der Waals surface area contributed by atoms with Crippen LogP contribution >= 0.6 is 0 Å². The van der Waals surface area contributed by atoms with E-state index in [0.717, 1.165) is 0 Å². The van der Waals surface area contributed by atoms with Crippen LogP contribution in [0.1, 0.15) is 19.8 Å². The van der Waals surface area contributed by atoms with Crippen molar-refractivity contribution in [2.45, 2.75) is 25.9 Å². The first kappa shape index (κ1) is 16.4. The summed E-state index contributed by atoms with van der Waals surface area (Å²) < 4.78 is 4.97. The number of carbonyl (C=O) groups excluding carboxylic acids is 3. The molecule has 0 radical (unpaired) electrons. The lowest BCUT2D eigenvalue weighted by molar-refractivity contribution is -0.125. The molecular weight excluding hydrogens is 308 g/mol. The van der Waals surface area contributed by atoms with Gasteiger partial charge in [0.2, 0.25) is 11.8 Å². The van der Waals surface area contributed by atoms with Gasteiger partial charge in [0.05, 0.1) is 17.5 Å². The van der Waals surface area contributed by atoms with E-state index in [1.165, 1.54) is 12.0 Å². The predicted octanol–water partition coefficient (Wildman–Crippen LogP) is 2.12. The first-order chi connectivity index (χ1) is 11.5. The second kappa shape index (κ2) is 6.57. The number of allylic oxidation sites excluding steroid dienone is 2. The summed E-state index contributed by atoms with van der Waals surface area (Å²) in [5.41, 5.74) is 1.01. The van der Waals surface area contributed by atoms with Crippen LogP contribution in [0, 0.1) is 11.8 Å². The molecule has 1 aromatic carbocycles. The highest BCUT2D eigenvalue weighted by Crippen LogP contribution is 2.38. The Morgan fingerprint density at radius 3 is 2.42 bits per heavy atom. The Labute approximate surface area is 140 Å². The van der Waals surface area contributed by atoms with Gasteiger partial charge in [0.25, 0.3) is 5.91 Å². The van der Waals surface area contributed by atoms with Crippen LogP contribution < -0.4 is 10.2 Å². The summed E-state index contributed by atoms with van der Waals surface area (Å²) in [5.74, 6) is -1.15. The van der Waals surface area contributed by atoms with E-state index in [0.29, 0.717) is 24.2 Å². The number of ether oxygens (including phenoxy) is 1.